The number of nitrogens with zero attached hydrogens (tertiary/aromatic N) is 5. The molecular formula is C27H17N5O. The standard InChI is InChI=1S/C27H17N5O/c1-2-8-18(9-3-1)22-23-20-11-5-4-7-17(20)12-13-21(23)33-27-24(22)26-30-25(31-32(26)16-29-27)19-10-6-14-28-15-19/h1-16,22H. The predicted molar refractivity (Wildman–Crippen MR) is 125 cm³/mol. The summed E-state index contributed by atoms with van der Waals surface area (Å²) in [6.07, 6.45) is 5.17. The quantitative estimate of drug-likeness (QED) is 0.358. The molecule has 0 radical (unpaired) electrons. The van der Waals surface area contributed by atoms with Crippen LogP contribution in [-0.2, 0) is 0 Å². The average Bonchev–Trinajstić information content (AvgIpc) is 3.33. The lowest BCUT2D eigenvalue weighted by Gasteiger charge is -2.29. The van der Waals surface area contributed by atoms with Crippen molar-refractivity contribution in [2.75, 3.05) is 0 Å². The number of aromatic nitrogens is 5. The second-order valence-corrected chi connectivity index (χ2v) is 8.05. The molecule has 0 saturated carbocycles. The van der Waals surface area contributed by atoms with E-state index in [2.05, 4.69) is 69.7 Å². The Balaban J connectivity index is 1.55. The topological polar surface area (TPSA) is 65.2 Å². The van der Waals surface area contributed by atoms with Crippen LogP contribution in [0.2, 0.25) is 0 Å². The molecule has 1 aliphatic heterocycles. The molecule has 1 atom stereocenters. The third-order valence-electron chi connectivity index (χ3n) is 6.15. The maximum absolute atomic E-state index is 6.36. The van der Waals surface area contributed by atoms with E-state index >= 15 is 0 Å². The van der Waals surface area contributed by atoms with Gasteiger partial charge in [-0.1, -0.05) is 60.7 Å². The molecule has 0 spiro atoms. The van der Waals surface area contributed by atoms with Crippen LogP contribution in [0.5, 0.6) is 11.6 Å². The molecule has 3 aromatic carbocycles. The zero-order valence-corrected chi connectivity index (χ0v) is 17.5. The summed E-state index contributed by atoms with van der Waals surface area (Å²) >= 11 is 0. The molecule has 0 bridgehead atoms. The molecule has 1 unspecified atom stereocenters. The van der Waals surface area contributed by atoms with Crippen molar-refractivity contribution in [1.82, 2.24) is 24.6 Å². The van der Waals surface area contributed by atoms with Gasteiger partial charge in [0, 0.05) is 29.4 Å². The molecule has 0 saturated heterocycles. The molecule has 0 aliphatic carbocycles. The SMILES string of the molecule is c1ccc(C2c3c(ccc4ccccc34)Oc3ncn4nc(-c5cccnc5)nc4c32)cc1. The van der Waals surface area contributed by atoms with Crippen molar-refractivity contribution in [2.24, 2.45) is 0 Å². The van der Waals surface area contributed by atoms with Crippen molar-refractivity contribution < 1.29 is 4.74 Å². The molecule has 4 heterocycles. The lowest BCUT2D eigenvalue weighted by atomic mass is 9.81. The molecule has 0 N–H and O–H groups in total. The molecule has 3 aromatic heterocycles. The first-order valence-electron chi connectivity index (χ1n) is 10.8. The zero-order chi connectivity index (χ0) is 21.8. The molecule has 6 aromatic rings. The van der Waals surface area contributed by atoms with Crippen LogP contribution in [0.3, 0.4) is 0 Å². The van der Waals surface area contributed by atoms with Crippen LogP contribution >= 0.6 is 0 Å². The highest BCUT2D eigenvalue weighted by atomic mass is 16.5. The first kappa shape index (κ1) is 18.0. The van der Waals surface area contributed by atoms with Gasteiger partial charge in [0.1, 0.15) is 12.1 Å². The van der Waals surface area contributed by atoms with Gasteiger partial charge in [-0.05, 0) is 34.5 Å². The lowest BCUT2D eigenvalue weighted by Crippen LogP contribution is -2.15. The summed E-state index contributed by atoms with van der Waals surface area (Å²) < 4.78 is 8.09. The van der Waals surface area contributed by atoms with E-state index in [1.807, 2.05) is 24.3 Å². The molecule has 0 amide bonds. The van der Waals surface area contributed by atoms with Gasteiger partial charge in [-0.25, -0.2) is 14.5 Å². The number of hydrogen-bond donors (Lipinski definition) is 0. The van der Waals surface area contributed by atoms with Gasteiger partial charge < -0.3 is 4.74 Å². The fourth-order valence-corrected chi connectivity index (χ4v) is 4.70. The summed E-state index contributed by atoms with van der Waals surface area (Å²) in [5.41, 5.74) is 4.77. The Kier molecular flexibility index (Phi) is 3.81. The summed E-state index contributed by atoms with van der Waals surface area (Å²) in [5, 5.41) is 7.01. The van der Waals surface area contributed by atoms with Crippen molar-refractivity contribution >= 4 is 16.4 Å². The summed E-state index contributed by atoms with van der Waals surface area (Å²) in [4.78, 5) is 13.8. The Morgan fingerprint density at radius 1 is 0.818 bits per heavy atom. The van der Waals surface area contributed by atoms with Crippen LogP contribution in [0, 0.1) is 0 Å². The summed E-state index contributed by atoms with van der Waals surface area (Å²) in [6.45, 7) is 0. The van der Waals surface area contributed by atoms with Gasteiger partial charge in [-0.2, -0.15) is 0 Å². The van der Waals surface area contributed by atoms with Gasteiger partial charge >= 0.3 is 0 Å². The number of pyridine rings is 1. The van der Waals surface area contributed by atoms with Gasteiger partial charge in [0.15, 0.2) is 11.5 Å². The average molecular weight is 427 g/mol. The molecule has 6 heteroatoms. The van der Waals surface area contributed by atoms with Crippen LogP contribution < -0.4 is 4.74 Å². The molecule has 33 heavy (non-hydrogen) atoms. The summed E-state index contributed by atoms with van der Waals surface area (Å²) in [7, 11) is 0. The maximum atomic E-state index is 6.36. The highest BCUT2D eigenvalue weighted by Gasteiger charge is 2.34. The minimum Gasteiger partial charge on any atom is -0.438 e. The van der Waals surface area contributed by atoms with Gasteiger partial charge in [-0.3, -0.25) is 4.98 Å². The van der Waals surface area contributed by atoms with Crippen molar-refractivity contribution in [1.29, 1.82) is 0 Å². The number of hydrogen-bond acceptors (Lipinski definition) is 5. The van der Waals surface area contributed by atoms with Crippen LogP contribution in [0.1, 0.15) is 22.6 Å². The third-order valence-corrected chi connectivity index (χ3v) is 6.15. The summed E-state index contributed by atoms with van der Waals surface area (Å²) in [6, 6.07) is 26.8. The van der Waals surface area contributed by atoms with E-state index in [0.29, 0.717) is 11.7 Å². The normalized spacial score (nSPS) is 14.6. The van der Waals surface area contributed by atoms with Crippen molar-refractivity contribution in [2.45, 2.75) is 5.92 Å². The smallest absolute Gasteiger partial charge is 0.228 e. The molecule has 7 rings (SSSR count). The Labute approximate surface area is 189 Å². The fourth-order valence-electron chi connectivity index (χ4n) is 4.70. The van der Waals surface area contributed by atoms with Gasteiger partial charge in [0.2, 0.25) is 5.88 Å². The van der Waals surface area contributed by atoms with E-state index in [9.17, 15) is 0 Å². The van der Waals surface area contributed by atoms with Gasteiger partial charge in [-0.15, -0.1) is 5.10 Å². The Morgan fingerprint density at radius 2 is 1.70 bits per heavy atom. The third kappa shape index (κ3) is 2.74. The zero-order valence-electron chi connectivity index (χ0n) is 17.5. The molecule has 6 nitrogen and oxygen atoms in total. The first-order valence-corrected chi connectivity index (χ1v) is 10.8. The molecule has 0 fully saturated rings. The lowest BCUT2D eigenvalue weighted by molar-refractivity contribution is 0.433. The van der Waals surface area contributed by atoms with E-state index in [-0.39, 0.29) is 5.92 Å². The molecule has 1 aliphatic rings. The second-order valence-electron chi connectivity index (χ2n) is 8.05. The monoisotopic (exact) mass is 427 g/mol. The molecule has 156 valence electrons. The van der Waals surface area contributed by atoms with E-state index in [0.717, 1.165) is 39.0 Å². The summed E-state index contributed by atoms with van der Waals surface area (Å²) in [5.74, 6) is 1.88. The Bertz CT molecular complexity index is 1640. The van der Waals surface area contributed by atoms with Crippen LogP contribution in [0.25, 0.3) is 27.8 Å². The maximum Gasteiger partial charge on any atom is 0.228 e. The highest BCUT2D eigenvalue weighted by Crippen LogP contribution is 2.50. The first-order chi connectivity index (χ1) is 16.4. The van der Waals surface area contributed by atoms with Crippen molar-refractivity contribution in [3.05, 3.63) is 114 Å². The van der Waals surface area contributed by atoms with E-state index in [1.54, 1.807) is 23.2 Å². The highest BCUT2D eigenvalue weighted by molar-refractivity contribution is 5.90. The Hall–Kier alpha value is -4.58. The number of benzene rings is 3. The number of ether oxygens (including phenoxy) is 1. The van der Waals surface area contributed by atoms with Crippen molar-refractivity contribution in [3.63, 3.8) is 0 Å². The van der Waals surface area contributed by atoms with Crippen LogP contribution in [0.15, 0.2) is 97.6 Å². The second kappa shape index (κ2) is 6.97. The minimum absolute atomic E-state index is 0.0989. The van der Waals surface area contributed by atoms with Crippen LogP contribution in [0.4, 0.5) is 0 Å². The minimum atomic E-state index is -0.0989. The van der Waals surface area contributed by atoms with Gasteiger partial charge in [0.05, 0.1) is 5.56 Å². The van der Waals surface area contributed by atoms with Crippen LogP contribution in [-0.4, -0.2) is 24.6 Å². The van der Waals surface area contributed by atoms with E-state index in [1.165, 1.54) is 5.39 Å². The largest absolute Gasteiger partial charge is 0.438 e. The van der Waals surface area contributed by atoms with E-state index < -0.39 is 0 Å². The Morgan fingerprint density at radius 3 is 2.58 bits per heavy atom. The fraction of sp³-hybridized carbons (Fsp3) is 0.0370. The number of rotatable bonds is 2. The molecular weight excluding hydrogens is 410 g/mol. The van der Waals surface area contributed by atoms with Gasteiger partial charge in [0.25, 0.3) is 0 Å². The number of fused-ring (bicyclic) bond motifs is 6. The predicted octanol–water partition coefficient (Wildman–Crippen LogP) is 5.63. The van der Waals surface area contributed by atoms with Crippen molar-refractivity contribution in [3.8, 4) is 23.0 Å². The van der Waals surface area contributed by atoms with E-state index in [4.69, 9.17) is 9.72 Å².